The van der Waals surface area contributed by atoms with E-state index in [1.54, 1.807) is 18.2 Å². The molecule has 2 aliphatic heterocycles. The molecule has 1 aromatic carbocycles. The first-order chi connectivity index (χ1) is 13.4. The van der Waals surface area contributed by atoms with E-state index in [0.717, 1.165) is 35.3 Å². The van der Waals surface area contributed by atoms with Crippen molar-refractivity contribution in [3.05, 3.63) is 50.6 Å². The Morgan fingerprint density at radius 3 is 2.57 bits per heavy atom. The average Bonchev–Trinajstić information content (AvgIpc) is 3.28. The van der Waals surface area contributed by atoms with Gasteiger partial charge in [-0.2, -0.15) is 0 Å². The van der Waals surface area contributed by atoms with Crippen LogP contribution in [0, 0.1) is 13.8 Å². The van der Waals surface area contributed by atoms with Gasteiger partial charge in [-0.25, -0.2) is 0 Å². The monoisotopic (exact) mass is 418 g/mol. The summed E-state index contributed by atoms with van der Waals surface area (Å²) in [4.78, 5) is 26.9. The molecule has 0 saturated carbocycles. The number of amides is 2. The van der Waals surface area contributed by atoms with Gasteiger partial charge in [-0.05, 0) is 61.9 Å². The fourth-order valence-electron chi connectivity index (χ4n) is 3.49. The van der Waals surface area contributed by atoms with Crippen LogP contribution in [-0.4, -0.2) is 27.4 Å². The lowest BCUT2D eigenvalue weighted by molar-refractivity contribution is -0.123. The average molecular weight is 419 g/mol. The zero-order chi connectivity index (χ0) is 20.0. The van der Waals surface area contributed by atoms with E-state index < -0.39 is 0 Å². The van der Waals surface area contributed by atoms with Crippen LogP contribution >= 0.6 is 23.4 Å². The summed E-state index contributed by atoms with van der Waals surface area (Å²) in [5, 5.41) is 0.119. The van der Waals surface area contributed by atoms with Gasteiger partial charge in [0.15, 0.2) is 11.5 Å². The van der Waals surface area contributed by atoms with Crippen LogP contribution in [-0.2, 0) is 17.9 Å². The van der Waals surface area contributed by atoms with Gasteiger partial charge in [-0.3, -0.25) is 14.5 Å². The minimum Gasteiger partial charge on any atom is -0.454 e. The summed E-state index contributed by atoms with van der Waals surface area (Å²) in [6, 6.07) is 5.39. The molecule has 0 spiro atoms. The molecule has 28 heavy (non-hydrogen) atoms. The predicted molar refractivity (Wildman–Crippen MR) is 109 cm³/mol. The third-order valence-electron chi connectivity index (χ3n) is 4.96. The van der Waals surface area contributed by atoms with Crippen LogP contribution in [0.2, 0.25) is 5.02 Å². The molecule has 0 radical (unpaired) electrons. The molecule has 3 heterocycles. The minimum atomic E-state index is -0.315. The predicted octanol–water partition coefficient (Wildman–Crippen LogP) is 4.74. The van der Waals surface area contributed by atoms with Crippen molar-refractivity contribution in [2.24, 2.45) is 0 Å². The van der Waals surface area contributed by atoms with Crippen molar-refractivity contribution in [3.8, 4) is 11.5 Å². The zero-order valence-electron chi connectivity index (χ0n) is 15.7. The van der Waals surface area contributed by atoms with Gasteiger partial charge in [0, 0.05) is 29.0 Å². The lowest BCUT2D eigenvalue weighted by atomic mass is 10.2. The van der Waals surface area contributed by atoms with Gasteiger partial charge in [0.05, 0.1) is 11.4 Å². The third kappa shape index (κ3) is 3.18. The second-order valence-electron chi connectivity index (χ2n) is 6.64. The van der Waals surface area contributed by atoms with Crippen LogP contribution < -0.4 is 9.47 Å². The van der Waals surface area contributed by atoms with Crippen molar-refractivity contribution < 1.29 is 19.1 Å². The topological polar surface area (TPSA) is 60.8 Å². The van der Waals surface area contributed by atoms with E-state index in [1.165, 1.54) is 4.90 Å². The van der Waals surface area contributed by atoms with Gasteiger partial charge < -0.3 is 14.0 Å². The molecule has 1 fully saturated rings. The molecule has 0 atom stereocenters. The van der Waals surface area contributed by atoms with E-state index >= 15 is 0 Å². The fraction of sp³-hybridized carbons (Fsp3) is 0.300. The smallest absolute Gasteiger partial charge is 0.293 e. The molecule has 0 unspecified atom stereocenters. The third-order valence-corrected chi connectivity index (χ3v) is 6.22. The molecule has 1 saturated heterocycles. The Balaban J connectivity index is 1.60. The first kappa shape index (κ1) is 19.0. The number of aryl methyl sites for hydroxylation is 1. The van der Waals surface area contributed by atoms with E-state index in [9.17, 15) is 9.59 Å². The van der Waals surface area contributed by atoms with Crippen LogP contribution in [0.1, 0.15) is 29.4 Å². The molecule has 2 amide bonds. The van der Waals surface area contributed by atoms with Crippen LogP contribution in [0.3, 0.4) is 0 Å². The number of halogens is 1. The molecule has 2 aromatic rings. The molecular formula is C20H19ClN2O4S. The number of benzene rings is 1. The molecule has 4 rings (SSSR count). The van der Waals surface area contributed by atoms with Gasteiger partial charge >= 0.3 is 0 Å². The molecular weight excluding hydrogens is 400 g/mol. The maximum absolute atomic E-state index is 12.9. The number of ether oxygens (including phenoxy) is 2. The SMILES string of the molecule is CCn1c(C)cc(/C=C2\SC(=O)N(Cc3cc4c(cc3Cl)OCO4)C2=O)c1C. The number of carbonyl (C=O) groups is 2. The van der Waals surface area contributed by atoms with Crippen molar-refractivity contribution in [1.29, 1.82) is 0 Å². The molecule has 0 N–H and O–H groups in total. The van der Waals surface area contributed by atoms with Gasteiger partial charge in [0.1, 0.15) is 0 Å². The maximum atomic E-state index is 12.9. The molecule has 1 aromatic heterocycles. The number of hydrogen-bond donors (Lipinski definition) is 0. The van der Waals surface area contributed by atoms with E-state index in [0.29, 0.717) is 27.0 Å². The second kappa shape index (κ2) is 7.22. The highest BCUT2D eigenvalue weighted by Crippen LogP contribution is 2.39. The number of thioether (sulfide) groups is 1. The number of fused-ring (bicyclic) bond motifs is 1. The first-order valence-corrected chi connectivity index (χ1v) is 10.1. The van der Waals surface area contributed by atoms with E-state index in [-0.39, 0.29) is 24.5 Å². The molecule has 2 aliphatic rings. The quantitative estimate of drug-likeness (QED) is 0.671. The Morgan fingerprint density at radius 2 is 1.89 bits per heavy atom. The van der Waals surface area contributed by atoms with E-state index in [1.807, 2.05) is 19.9 Å². The van der Waals surface area contributed by atoms with Crippen LogP contribution in [0.15, 0.2) is 23.1 Å². The Labute approximate surface area is 172 Å². The fourth-order valence-corrected chi connectivity index (χ4v) is 4.53. The normalized spacial score (nSPS) is 17.3. The molecule has 6 nitrogen and oxygen atoms in total. The van der Waals surface area contributed by atoms with Crippen molar-refractivity contribution in [1.82, 2.24) is 9.47 Å². The standard InChI is InChI=1S/C20H19ClN2O4S/c1-4-22-11(2)5-13(12(22)3)7-18-19(24)23(20(25)28-18)9-14-6-16-17(8-15(14)21)27-10-26-16/h5-8H,4,9-10H2,1-3H3/b18-7-. The number of rotatable bonds is 4. The lowest BCUT2D eigenvalue weighted by Crippen LogP contribution is -2.27. The number of imide groups is 1. The number of carbonyl (C=O) groups excluding carboxylic acids is 2. The Kier molecular flexibility index (Phi) is 4.89. The summed E-state index contributed by atoms with van der Waals surface area (Å²) in [6.45, 7) is 7.20. The van der Waals surface area contributed by atoms with E-state index in [4.69, 9.17) is 21.1 Å². The Hall–Kier alpha value is -2.38. The highest BCUT2D eigenvalue weighted by Gasteiger charge is 2.36. The highest BCUT2D eigenvalue weighted by atomic mass is 35.5. The number of nitrogens with zero attached hydrogens (tertiary/aromatic N) is 2. The maximum Gasteiger partial charge on any atom is 0.293 e. The van der Waals surface area contributed by atoms with Crippen LogP contribution in [0.5, 0.6) is 11.5 Å². The van der Waals surface area contributed by atoms with Crippen molar-refractivity contribution in [3.63, 3.8) is 0 Å². The first-order valence-electron chi connectivity index (χ1n) is 8.89. The molecule has 0 bridgehead atoms. The Bertz CT molecular complexity index is 1030. The summed E-state index contributed by atoms with van der Waals surface area (Å²) in [5.41, 5.74) is 3.79. The summed E-state index contributed by atoms with van der Waals surface area (Å²) in [7, 11) is 0. The van der Waals surface area contributed by atoms with Gasteiger partial charge in [-0.15, -0.1) is 0 Å². The number of aromatic nitrogens is 1. The summed E-state index contributed by atoms with van der Waals surface area (Å²) >= 11 is 7.24. The van der Waals surface area contributed by atoms with Gasteiger partial charge in [-0.1, -0.05) is 11.6 Å². The van der Waals surface area contributed by atoms with Crippen molar-refractivity contribution in [2.45, 2.75) is 33.9 Å². The second-order valence-corrected chi connectivity index (χ2v) is 8.04. The molecule has 0 aliphatic carbocycles. The Morgan fingerprint density at radius 1 is 1.18 bits per heavy atom. The molecule has 146 valence electrons. The minimum absolute atomic E-state index is 0.0888. The largest absolute Gasteiger partial charge is 0.454 e. The van der Waals surface area contributed by atoms with Crippen LogP contribution in [0.25, 0.3) is 6.08 Å². The summed E-state index contributed by atoms with van der Waals surface area (Å²) in [6.07, 6.45) is 1.79. The van der Waals surface area contributed by atoms with Crippen molar-refractivity contribution in [2.75, 3.05) is 6.79 Å². The van der Waals surface area contributed by atoms with Crippen molar-refractivity contribution >= 4 is 40.6 Å². The van der Waals surface area contributed by atoms with Gasteiger partial charge in [0.2, 0.25) is 6.79 Å². The zero-order valence-corrected chi connectivity index (χ0v) is 17.3. The lowest BCUT2D eigenvalue weighted by Gasteiger charge is -2.14. The van der Waals surface area contributed by atoms with E-state index in [2.05, 4.69) is 11.5 Å². The summed E-state index contributed by atoms with van der Waals surface area (Å²) < 4.78 is 12.8. The molecule has 8 heteroatoms. The number of hydrogen-bond acceptors (Lipinski definition) is 5. The summed E-state index contributed by atoms with van der Waals surface area (Å²) in [5.74, 6) is 0.813. The highest BCUT2D eigenvalue weighted by molar-refractivity contribution is 8.18. The van der Waals surface area contributed by atoms with Gasteiger partial charge in [0.25, 0.3) is 11.1 Å². The van der Waals surface area contributed by atoms with Crippen LogP contribution in [0.4, 0.5) is 4.79 Å².